The normalized spacial score (nSPS) is 11.5. The molecule has 0 amide bonds. The van der Waals surface area contributed by atoms with Crippen LogP contribution in [0.25, 0.3) is 32.8 Å². The minimum absolute atomic E-state index is 0.804. The molecule has 22 heavy (non-hydrogen) atoms. The van der Waals surface area contributed by atoms with Crippen LogP contribution >= 0.6 is 0 Å². The van der Waals surface area contributed by atoms with E-state index < -0.39 is 0 Å². The second-order valence-corrected chi connectivity index (χ2v) is 5.73. The zero-order valence-corrected chi connectivity index (χ0v) is 12.8. The van der Waals surface area contributed by atoms with Gasteiger partial charge in [-0.15, -0.1) is 0 Å². The Labute approximate surface area is 129 Å². The van der Waals surface area contributed by atoms with Gasteiger partial charge >= 0.3 is 0 Å². The summed E-state index contributed by atoms with van der Waals surface area (Å²) in [6, 6.07) is 16.7. The molecule has 0 spiro atoms. The fourth-order valence-electron chi connectivity index (χ4n) is 3.24. The largest absolute Gasteiger partial charge is 0.398 e. The predicted octanol–water partition coefficient (Wildman–Crippen LogP) is 3.74. The number of nitrogen functional groups attached to an aromatic ring is 1. The highest BCUT2D eigenvalue weighted by Gasteiger charge is 2.18. The van der Waals surface area contributed by atoms with Gasteiger partial charge in [-0.1, -0.05) is 30.3 Å². The number of nitrogens with zero attached hydrogens (tertiary/aromatic N) is 2. The lowest BCUT2D eigenvalue weighted by molar-refractivity contribution is -0.641. The van der Waals surface area contributed by atoms with Crippen LogP contribution in [-0.2, 0) is 6.54 Å². The maximum atomic E-state index is 6.27. The van der Waals surface area contributed by atoms with E-state index in [-0.39, 0.29) is 0 Å². The van der Waals surface area contributed by atoms with E-state index in [0.717, 1.165) is 45.1 Å². The van der Waals surface area contributed by atoms with Gasteiger partial charge in [-0.2, -0.15) is 4.57 Å². The molecule has 0 unspecified atom stereocenters. The summed E-state index contributed by atoms with van der Waals surface area (Å²) in [5.41, 5.74) is 12.6. The van der Waals surface area contributed by atoms with Crippen molar-refractivity contribution < 1.29 is 4.57 Å². The topological polar surface area (TPSA) is 42.8 Å². The van der Waals surface area contributed by atoms with Gasteiger partial charge in [-0.25, -0.2) is 4.98 Å². The van der Waals surface area contributed by atoms with E-state index in [9.17, 15) is 0 Å². The van der Waals surface area contributed by atoms with Crippen LogP contribution in [0.15, 0.2) is 48.5 Å². The Hall–Kier alpha value is -2.68. The van der Waals surface area contributed by atoms with Gasteiger partial charge in [0.25, 0.3) is 0 Å². The molecule has 0 saturated carbocycles. The number of anilines is 1. The van der Waals surface area contributed by atoms with E-state index in [0.29, 0.717) is 0 Å². The van der Waals surface area contributed by atoms with Crippen LogP contribution in [0.2, 0.25) is 0 Å². The van der Waals surface area contributed by atoms with Crippen molar-refractivity contribution >= 4 is 38.5 Å². The van der Waals surface area contributed by atoms with Gasteiger partial charge in [0.1, 0.15) is 17.6 Å². The van der Waals surface area contributed by atoms with Crippen molar-refractivity contribution in [2.75, 3.05) is 5.73 Å². The Morgan fingerprint density at radius 1 is 1.00 bits per heavy atom. The van der Waals surface area contributed by atoms with Gasteiger partial charge in [-0.05, 0) is 25.5 Å². The molecule has 0 fully saturated rings. The number of aryl methyl sites for hydroxylation is 2. The molecule has 0 bridgehead atoms. The van der Waals surface area contributed by atoms with E-state index in [1.54, 1.807) is 0 Å². The highest BCUT2D eigenvalue weighted by molar-refractivity contribution is 6.09. The minimum atomic E-state index is 0.804. The third-order valence-corrected chi connectivity index (χ3v) is 4.29. The lowest BCUT2D eigenvalue weighted by Gasteiger charge is -2.08. The standard InChI is InChI=1S/C19H17N3/c1-3-22-17-9-8-12(2)10-16(17)21-19-14-7-5-4-6-13(14)15(20)11-18(19)22/h4-11,20H,3H2,1-2H3/p+1. The molecule has 108 valence electrons. The number of benzene rings is 3. The molecule has 0 saturated heterocycles. The van der Waals surface area contributed by atoms with Gasteiger partial charge in [0.05, 0.1) is 0 Å². The summed E-state index contributed by atoms with van der Waals surface area (Å²) < 4.78 is 2.29. The molecule has 1 heterocycles. The van der Waals surface area contributed by atoms with Crippen LogP contribution in [0.1, 0.15) is 12.5 Å². The summed E-state index contributed by atoms with van der Waals surface area (Å²) in [4.78, 5) is 4.94. The second kappa shape index (κ2) is 4.67. The average Bonchev–Trinajstić information content (AvgIpc) is 2.53. The molecule has 1 aromatic heterocycles. The number of hydrogen-bond acceptors (Lipinski definition) is 2. The predicted molar refractivity (Wildman–Crippen MR) is 91.8 cm³/mol. The van der Waals surface area contributed by atoms with Gasteiger partial charge in [0, 0.05) is 28.6 Å². The first kappa shape index (κ1) is 13.0. The first-order valence-corrected chi connectivity index (χ1v) is 7.60. The van der Waals surface area contributed by atoms with Crippen LogP contribution in [-0.4, -0.2) is 4.98 Å². The molecule has 0 aliphatic carbocycles. The quantitative estimate of drug-likeness (QED) is 0.251. The Morgan fingerprint density at radius 3 is 2.55 bits per heavy atom. The van der Waals surface area contributed by atoms with E-state index in [4.69, 9.17) is 10.7 Å². The average molecular weight is 288 g/mol. The van der Waals surface area contributed by atoms with Crippen molar-refractivity contribution in [3.05, 3.63) is 54.1 Å². The van der Waals surface area contributed by atoms with Crippen molar-refractivity contribution in [2.24, 2.45) is 0 Å². The Bertz CT molecular complexity index is 1040. The van der Waals surface area contributed by atoms with E-state index in [1.807, 2.05) is 18.2 Å². The number of hydrogen-bond donors (Lipinski definition) is 1. The minimum Gasteiger partial charge on any atom is -0.398 e. The van der Waals surface area contributed by atoms with Crippen molar-refractivity contribution in [1.29, 1.82) is 0 Å². The summed E-state index contributed by atoms with van der Waals surface area (Å²) in [5.74, 6) is 0. The van der Waals surface area contributed by atoms with Gasteiger partial charge in [-0.3, -0.25) is 0 Å². The number of fused-ring (bicyclic) bond motifs is 4. The summed E-state index contributed by atoms with van der Waals surface area (Å²) >= 11 is 0. The molecule has 0 aliphatic heterocycles. The molecule has 0 atom stereocenters. The van der Waals surface area contributed by atoms with E-state index in [1.165, 1.54) is 5.56 Å². The lowest BCUT2D eigenvalue weighted by atomic mass is 10.1. The molecule has 3 aromatic carbocycles. The Balaban J connectivity index is 2.31. The molecule has 4 aromatic rings. The van der Waals surface area contributed by atoms with Crippen LogP contribution in [0.5, 0.6) is 0 Å². The van der Waals surface area contributed by atoms with Gasteiger partial charge in [0.15, 0.2) is 0 Å². The fraction of sp³-hybridized carbons (Fsp3) is 0.158. The molecular weight excluding hydrogens is 270 g/mol. The van der Waals surface area contributed by atoms with Crippen molar-refractivity contribution in [2.45, 2.75) is 20.4 Å². The van der Waals surface area contributed by atoms with Crippen molar-refractivity contribution in [3.8, 4) is 0 Å². The maximum absolute atomic E-state index is 6.27. The van der Waals surface area contributed by atoms with E-state index in [2.05, 4.69) is 48.7 Å². The molecule has 4 rings (SSSR count). The van der Waals surface area contributed by atoms with E-state index >= 15 is 0 Å². The molecule has 0 aliphatic rings. The van der Waals surface area contributed by atoms with Crippen LogP contribution in [0, 0.1) is 6.92 Å². The Kier molecular flexibility index (Phi) is 2.76. The van der Waals surface area contributed by atoms with Crippen molar-refractivity contribution in [1.82, 2.24) is 4.98 Å². The third-order valence-electron chi connectivity index (χ3n) is 4.29. The summed E-state index contributed by atoms with van der Waals surface area (Å²) in [7, 11) is 0. The highest BCUT2D eigenvalue weighted by Crippen LogP contribution is 2.28. The van der Waals surface area contributed by atoms with Crippen LogP contribution in [0.3, 0.4) is 0 Å². The zero-order chi connectivity index (χ0) is 15.3. The molecule has 2 N–H and O–H groups in total. The van der Waals surface area contributed by atoms with Gasteiger partial charge < -0.3 is 5.73 Å². The molecule has 3 nitrogen and oxygen atoms in total. The molecule has 3 heteroatoms. The zero-order valence-electron chi connectivity index (χ0n) is 12.8. The third kappa shape index (κ3) is 1.75. The SMILES string of the molecule is CC[n+]1c2ccc(C)cc2nc2c3ccccc3c(N)cc21. The smallest absolute Gasteiger partial charge is 0.234 e. The maximum Gasteiger partial charge on any atom is 0.234 e. The van der Waals surface area contributed by atoms with Crippen LogP contribution < -0.4 is 10.3 Å². The second-order valence-electron chi connectivity index (χ2n) is 5.73. The van der Waals surface area contributed by atoms with Crippen LogP contribution in [0.4, 0.5) is 5.69 Å². The first-order chi connectivity index (χ1) is 10.7. The first-order valence-electron chi connectivity index (χ1n) is 7.60. The summed E-state index contributed by atoms with van der Waals surface area (Å²) in [6.45, 7) is 5.14. The monoisotopic (exact) mass is 288 g/mol. The highest BCUT2D eigenvalue weighted by atomic mass is 15.0. The summed E-state index contributed by atoms with van der Waals surface area (Å²) in [5, 5.41) is 2.18. The lowest BCUT2D eigenvalue weighted by Crippen LogP contribution is -2.34. The summed E-state index contributed by atoms with van der Waals surface area (Å²) in [6.07, 6.45) is 0. The number of aromatic nitrogens is 2. The van der Waals surface area contributed by atoms with Crippen molar-refractivity contribution in [3.63, 3.8) is 0 Å². The number of nitrogens with two attached hydrogens (primary N) is 1. The number of rotatable bonds is 1. The molecular formula is C19H18N3+. The fourth-order valence-corrected chi connectivity index (χ4v) is 3.24. The molecule has 0 radical (unpaired) electrons. The van der Waals surface area contributed by atoms with Gasteiger partial charge in [0.2, 0.25) is 11.0 Å². The Morgan fingerprint density at radius 2 is 1.77 bits per heavy atom.